The average Bonchev–Trinajstić information content (AvgIpc) is 3.55. The smallest absolute Gasteiger partial charge is 0.295 e. The van der Waals surface area contributed by atoms with Crippen LogP contribution in [0.2, 0.25) is 0 Å². The van der Waals surface area contributed by atoms with E-state index in [-0.39, 0.29) is 11.3 Å². The minimum atomic E-state index is -0.655. The molecule has 7 nitrogen and oxygen atoms in total. The Hall–Kier alpha value is -3.23. The van der Waals surface area contributed by atoms with Crippen molar-refractivity contribution in [1.82, 2.24) is 19.6 Å². The molecule has 1 amide bonds. The average molecular weight is 465 g/mol. The molecular weight excluding hydrogens is 436 g/mol. The van der Waals surface area contributed by atoms with Gasteiger partial charge < -0.3 is 14.9 Å². The highest BCUT2D eigenvalue weighted by Crippen LogP contribution is 2.41. The van der Waals surface area contributed by atoms with E-state index in [2.05, 4.69) is 23.8 Å². The van der Waals surface area contributed by atoms with Crippen molar-refractivity contribution in [2.24, 2.45) is 0 Å². The third kappa shape index (κ3) is 4.24. The van der Waals surface area contributed by atoms with E-state index in [0.717, 1.165) is 23.7 Å². The predicted molar refractivity (Wildman–Crippen MR) is 129 cm³/mol. The molecule has 1 atom stereocenters. The Balaban J connectivity index is 1.77. The van der Waals surface area contributed by atoms with Crippen LogP contribution in [0.1, 0.15) is 36.0 Å². The molecule has 1 N–H and O–H groups in total. The molecule has 1 aliphatic rings. The van der Waals surface area contributed by atoms with Crippen molar-refractivity contribution in [3.63, 3.8) is 0 Å². The van der Waals surface area contributed by atoms with E-state index < -0.39 is 17.7 Å². The molecule has 1 aliphatic heterocycles. The maximum atomic E-state index is 13.2. The van der Waals surface area contributed by atoms with Crippen LogP contribution in [-0.4, -0.2) is 62.6 Å². The van der Waals surface area contributed by atoms with Gasteiger partial charge >= 0.3 is 0 Å². The van der Waals surface area contributed by atoms with E-state index in [0.29, 0.717) is 24.3 Å². The molecule has 2 aromatic heterocycles. The van der Waals surface area contributed by atoms with Gasteiger partial charge in [0.2, 0.25) is 0 Å². The van der Waals surface area contributed by atoms with Crippen molar-refractivity contribution in [3.05, 3.63) is 75.7 Å². The van der Waals surface area contributed by atoms with E-state index in [1.54, 1.807) is 15.8 Å². The third-order valence-corrected chi connectivity index (χ3v) is 7.09. The molecule has 0 saturated carbocycles. The standard InChI is InChI=1S/C25H28N4O3S/c1-4-27(5-2)13-14-28-22(20-12-9-15-33-20)21(24(31)25(28)32)23(30)19-16-26-29(17(19)3)18-10-7-6-8-11-18/h6-12,15-16,22,30H,4-5,13-14H2,1-3H3/t22-/m1/s1. The molecule has 0 spiro atoms. The maximum Gasteiger partial charge on any atom is 0.295 e. The van der Waals surface area contributed by atoms with Gasteiger partial charge in [0, 0.05) is 18.0 Å². The zero-order valence-corrected chi connectivity index (χ0v) is 19.9. The number of hydrogen-bond acceptors (Lipinski definition) is 6. The Morgan fingerprint density at radius 1 is 1.12 bits per heavy atom. The number of aliphatic hydroxyl groups is 1. The quantitative estimate of drug-likeness (QED) is 0.310. The van der Waals surface area contributed by atoms with E-state index in [9.17, 15) is 14.7 Å². The van der Waals surface area contributed by atoms with Gasteiger partial charge in [0.1, 0.15) is 5.76 Å². The number of likely N-dealkylation sites (tertiary alicyclic amines) is 1. The number of Topliss-reactive ketones (excluding diaryl/α,β-unsaturated/α-hetero) is 1. The molecular formula is C25H28N4O3S. The van der Waals surface area contributed by atoms with Crippen LogP contribution in [0, 0.1) is 6.92 Å². The number of likely N-dealkylation sites (N-methyl/N-ethyl adjacent to an activating group) is 1. The van der Waals surface area contributed by atoms with Crippen LogP contribution in [0.15, 0.2) is 59.6 Å². The molecule has 33 heavy (non-hydrogen) atoms. The molecule has 3 aromatic rings. The molecule has 172 valence electrons. The van der Waals surface area contributed by atoms with E-state index in [4.69, 9.17) is 0 Å². The summed E-state index contributed by atoms with van der Waals surface area (Å²) in [5.74, 6) is -1.41. The van der Waals surface area contributed by atoms with Crippen LogP contribution in [0.25, 0.3) is 11.4 Å². The fourth-order valence-electron chi connectivity index (χ4n) is 4.26. The highest BCUT2D eigenvalue weighted by molar-refractivity contribution is 7.10. The number of nitrogens with zero attached hydrogens (tertiary/aromatic N) is 4. The summed E-state index contributed by atoms with van der Waals surface area (Å²) in [6, 6.07) is 12.8. The van der Waals surface area contributed by atoms with Crippen molar-refractivity contribution in [3.8, 4) is 5.69 Å². The molecule has 1 fully saturated rings. The van der Waals surface area contributed by atoms with Gasteiger partial charge in [0.25, 0.3) is 11.7 Å². The van der Waals surface area contributed by atoms with Crippen LogP contribution >= 0.6 is 11.3 Å². The lowest BCUT2D eigenvalue weighted by Crippen LogP contribution is -2.37. The summed E-state index contributed by atoms with van der Waals surface area (Å²) < 4.78 is 1.71. The van der Waals surface area contributed by atoms with Gasteiger partial charge in [-0.2, -0.15) is 5.10 Å². The normalized spacial score (nSPS) is 17.9. The number of aliphatic hydroxyl groups excluding tert-OH is 1. The lowest BCUT2D eigenvalue weighted by atomic mass is 10.00. The topological polar surface area (TPSA) is 78.7 Å². The van der Waals surface area contributed by atoms with Gasteiger partial charge in [0.05, 0.1) is 34.8 Å². The van der Waals surface area contributed by atoms with Crippen molar-refractivity contribution < 1.29 is 14.7 Å². The molecule has 1 aromatic carbocycles. The Bertz CT molecular complexity index is 1160. The van der Waals surface area contributed by atoms with Gasteiger partial charge in [0.15, 0.2) is 0 Å². The minimum Gasteiger partial charge on any atom is -0.507 e. The Morgan fingerprint density at radius 2 is 1.85 bits per heavy atom. The number of hydrogen-bond donors (Lipinski definition) is 1. The fourth-order valence-corrected chi connectivity index (χ4v) is 5.10. The molecule has 0 bridgehead atoms. The van der Waals surface area contributed by atoms with Gasteiger partial charge in [-0.1, -0.05) is 38.1 Å². The molecule has 0 aliphatic carbocycles. The first-order valence-electron chi connectivity index (χ1n) is 11.1. The second-order valence-corrected chi connectivity index (χ2v) is 8.91. The summed E-state index contributed by atoms with van der Waals surface area (Å²) in [5, 5.41) is 17.7. The van der Waals surface area contributed by atoms with E-state index in [1.807, 2.05) is 54.8 Å². The highest BCUT2D eigenvalue weighted by atomic mass is 32.1. The zero-order valence-electron chi connectivity index (χ0n) is 19.1. The summed E-state index contributed by atoms with van der Waals surface area (Å²) >= 11 is 1.47. The zero-order chi connectivity index (χ0) is 23.5. The molecule has 0 unspecified atom stereocenters. The third-order valence-electron chi connectivity index (χ3n) is 6.17. The summed E-state index contributed by atoms with van der Waals surface area (Å²) in [7, 11) is 0. The first-order chi connectivity index (χ1) is 16.0. The number of benzene rings is 1. The van der Waals surface area contributed by atoms with Crippen LogP contribution in [0.3, 0.4) is 0 Å². The summed E-state index contributed by atoms with van der Waals surface area (Å²) in [6.45, 7) is 8.78. The monoisotopic (exact) mass is 464 g/mol. The summed E-state index contributed by atoms with van der Waals surface area (Å²) in [4.78, 5) is 30.9. The SMILES string of the molecule is CCN(CC)CCN1C(=O)C(=O)C(=C(O)c2cnn(-c3ccccc3)c2C)[C@H]1c1cccs1. The van der Waals surface area contributed by atoms with Gasteiger partial charge in [-0.15, -0.1) is 11.3 Å². The number of rotatable bonds is 8. The van der Waals surface area contributed by atoms with Crippen LogP contribution < -0.4 is 0 Å². The van der Waals surface area contributed by atoms with Gasteiger partial charge in [-0.25, -0.2) is 4.68 Å². The van der Waals surface area contributed by atoms with Crippen molar-refractivity contribution in [2.75, 3.05) is 26.2 Å². The molecule has 3 heterocycles. The highest BCUT2D eigenvalue weighted by Gasteiger charge is 2.46. The van der Waals surface area contributed by atoms with Crippen LogP contribution in [0.5, 0.6) is 0 Å². The number of aromatic nitrogens is 2. The van der Waals surface area contributed by atoms with Crippen molar-refractivity contribution in [2.45, 2.75) is 26.8 Å². The number of carbonyl (C=O) groups is 2. The molecule has 8 heteroatoms. The lowest BCUT2D eigenvalue weighted by Gasteiger charge is -2.27. The Kier molecular flexibility index (Phi) is 6.76. The first-order valence-corrected chi connectivity index (χ1v) is 12.0. The molecule has 0 radical (unpaired) electrons. The van der Waals surface area contributed by atoms with Crippen LogP contribution in [-0.2, 0) is 9.59 Å². The number of para-hydroxylation sites is 1. The summed E-state index contributed by atoms with van der Waals surface area (Å²) in [5.41, 5.74) is 2.11. The number of thiophene rings is 1. The lowest BCUT2D eigenvalue weighted by molar-refractivity contribution is -0.140. The van der Waals surface area contributed by atoms with Crippen molar-refractivity contribution >= 4 is 28.8 Å². The van der Waals surface area contributed by atoms with Crippen molar-refractivity contribution in [1.29, 1.82) is 0 Å². The second kappa shape index (κ2) is 9.72. The van der Waals surface area contributed by atoms with E-state index in [1.165, 1.54) is 11.3 Å². The maximum absolute atomic E-state index is 13.2. The predicted octanol–water partition coefficient (Wildman–Crippen LogP) is 4.01. The Labute approximate surface area is 197 Å². The molecule has 4 rings (SSSR count). The largest absolute Gasteiger partial charge is 0.507 e. The number of amides is 1. The minimum absolute atomic E-state index is 0.123. The first kappa shape index (κ1) is 22.9. The summed E-state index contributed by atoms with van der Waals surface area (Å²) in [6.07, 6.45) is 1.55. The van der Waals surface area contributed by atoms with Gasteiger partial charge in [-0.3, -0.25) is 9.59 Å². The van der Waals surface area contributed by atoms with E-state index >= 15 is 0 Å². The molecule has 1 saturated heterocycles. The fraction of sp³-hybridized carbons (Fsp3) is 0.320. The number of carbonyl (C=O) groups excluding carboxylic acids is 2. The Morgan fingerprint density at radius 3 is 2.48 bits per heavy atom. The second-order valence-electron chi connectivity index (χ2n) is 7.93. The van der Waals surface area contributed by atoms with Gasteiger partial charge in [-0.05, 0) is 43.6 Å². The number of ketones is 1. The van der Waals surface area contributed by atoms with Crippen LogP contribution in [0.4, 0.5) is 0 Å².